The summed E-state index contributed by atoms with van der Waals surface area (Å²) in [5, 5.41) is 0. The van der Waals surface area contributed by atoms with E-state index >= 15 is 0 Å². The van der Waals surface area contributed by atoms with Gasteiger partial charge in [-0.25, -0.2) is 8.42 Å². The molecule has 2 nitrogen and oxygen atoms in total. The van der Waals surface area contributed by atoms with E-state index in [-0.39, 0.29) is 10.6 Å². The first-order valence-corrected chi connectivity index (χ1v) is 8.52. The van der Waals surface area contributed by atoms with Crippen LogP contribution in [-0.2, 0) is 9.84 Å². The Bertz CT molecular complexity index is 407. The Kier molecular flexibility index (Phi) is 4.47. The predicted molar refractivity (Wildman–Crippen MR) is 68.4 cm³/mol. The lowest BCUT2D eigenvalue weighted by atomic mass is 10.4. The largest absolute Gasteiger partial charge is 0.229 e. The molecule has 7 heteroatoms. The monoisotopic (exact) mass is 380 g/mol. The molecule has 0 N–H and O–H groups in total. The molecule has 0 saturated carbocycles. The van der Waals surface area contributed by atoms with Crippen LogP contribution in [0.1, 0.15) is 9.70 Å². The fraction of sp³-hybridized carbons (Fsp3) is 0.429. The molecule has 0 bridgehead atoms. The van der Waals surface area contributed by atoms with Crippen LogP contribution < -0.4 is 0 Å². The van der Waals surface area contributed by atoms with Crippen molar-refractivity contribution < 1.29 is 8.42 Å². The summed E-state index contributed by atoms with van der Waals surface area (Å²) in [4.78, 5) is 0.721. The highest BCUT2D eigenvalue weighted by Crippen LogP contribution is 2.38. The lowest BCUT2D eigenvalue weighted by Crippen LogP contribution is -2.07. The zero-order chi connectivity index (χ0) is 10.9. The number of hydrogen-bond acceptors (Lipinski definition) is 3. The minimum atomic E-state index is -2.97. The molecule has 0 aliphatic carbocycles. The van der Waals surface area contributed by atoms with Gasteiger partial charge in [-0.15, -0.1) is 11.3 Å². The van der Waals surface area contributed by atoms with Crippen molar-refractivity contribution >= 4 is 64.6 Å². The number of rotatable bonds is 3. The van der Waals surface area contributed by atoms with Gasteiger partial charge in [0.1, 0.15) is 14.2 Å². The molecule has 0 aromatic carbocycles. The van der Waals surface area contributed by atoms with Crippen molar-refractivity contribution in [1.29, 1.82) is 0 Å². The van der Waals surface area contributed by atoms with Gasteiger partial charge in [-0.1, -0.05) is 27.5 Å². The summed E-state index contributed by atoms with van der Waals surface area (Å²) in [6, 6.07) is 1.83. The minimum absolute atomic E-state index is 0.0796. The van der Waals surface area contributed by atoms with Crippen LogP contribution in [0, 0.1) is 0 Å². The molecule has 0 fully saturated rings. The molecule has 14 heavy (non-hydrogen) atoms. The topological polar surface area (TPSA) is 34.1 Å². The van der Waals surface area contributed by atoms with E-state index in [0.717, 1.165) is 9.35 Å². The number of alkyl halides is 1. The first kappa shape index (κ1) is 13.0. The highest BCUT2D eigenvalue weighted by Gasteiger charge is 2.17. The molecule has 1 heterocycles. The van der Waals surface area contributed by atoms with Gasteiger partial charge in [-0.3, -0.25) is 0 Å². The first-order chi connectivity index (χ1) is 6.29. The maximum Gasteiger partial charge on any atom is 0.148 e. The van der Waals surface area contributed by atoms with E-state index in [1.54, 1.807) is 0 Å². The Labute approximate surface area is 109 Å². The van der Waals surface area contributed by atoms with E-state index in [2.05, 4.69) is 31.9 Å². The second kappa shape index (κ2) is 4.82. The van der Waals surface area contributed by atoms with E-state index < -0.39 is 9.84 Å². The quantitative estimate of drug-likeness (QED) is 0.748. The minimum Gasteiger partial charge on any atom is -0.229 e. The van der Waals surface area contributed by atoms with E-state index in [1.165, 1.54) is 17.6 Å². The van der Waals surface area contributed by atoms with Gasteiger partial charge in [0.05, 0.1) is 10.6 Å². The molecule has 0 radical (unpaired) electrons. The van der Waals surface area contributed by atoms with Gasteiger partial charge in [0.2, 0.25) is 0 Å². The van der Waals surface area contributed by atoms with Crippen LogP contribution in [0.15, 0.2) is 10.5 Å². The maximum atomic E-state index is 11.0. The third-order valence-electron chi connectivity index (χ3n) is 1.42. The van der Waals surface area contributed by atoms with Crippen LogP contribution in [0.25, 0.3) is 0 Å². The predicted octanol–water partition coefficient (Wildman–Crippen LogP) is 3.64. The summed E-state index contributed by atoms with van der Waals surface area (Å²) in [7, 11) is -2.97. The molecular formula is C7H7Br2ClO2S2. The number of halogens is 3. The molecule has 1 aromatic heterocycles. The molecule has 0 aliphatic rings. The summed E-state index contributed by atoms with van der Waals surface area (Å²) in [5.41, 5.74) is 0. The third kappa shape index (κ3) is 3.81. The normalized spacial score (nSPS) is 14.3. The zero-order valence-corrected chi connectivity index (χ0v) is 12.7. The molecule has 1 atom stereocenters. The summed E-state index contributed by atoms with van der Waals surface area (Å²) < 4.78 is 23.5. The zero-order valence-electron chi connectivity index (χ0n) is 7.13. The Morgan fingerprint density at radius 2 is 2.21 bits per heavy atom. The third-order valence-corrected chi connectivity index (χ3v) is 6.50. The van der Waals surface area contributed by atoms with Crippen LogP contribution in [-0.4, -0.2) is 20.4 Å². The van der Waals surface area contributed by atoms with Crippen molar-refractivity contribution in [3.05, 3.63) is 19.8 Å². The van der Waals surface area contributed by atoms with Crippen molar-refractivity contribution in [2.45, 2.75) is 4.83 Å². The van der Waals surface area contributed by atoms with Gasteiger partial charge in [0.15, 0.2) is 0 Å². The molecule has 80 valence electrons. The van der Waals surface area contributed by atoms with Gasteiger partial charge in [-0.2, -0.15) is 0 Å². The van der Waals surface area contributed by atoms with Crippen molar-refractivity contribution in [2.75, 3.05) is 12.0 Å². The molecule has 0 spiro atoms. The van der Waals surface area contributed by atoms with E-state index in [0.29, 0.717) is 4.34 Å². The fourth-order valence-electron chi connectivity index (χ4n) is 0.866. The van der Waals surface area contributed by atoms with Crippen molar-refractivity contribution in [3.8, 4) is 0 Å². The molecule has 0 saturated heterocycles. The van der Waals surface area contributed by atoms with Crippen LogP contribution in [0.2, 0.25) is 4.34 Å². The smallest absolute Gasteiger partial charge is 0.148 e. The molecule has 1 rings (SSSR count). The fourth-order valence-corrected chi connectivity index (χ4v) is 5.25. The summed E-state index contributed by atoms with van der Waals surface area (Å²) >= 11 is 13.8. The highest BCUT2D eigenvalue weighted by atomic mass is 79.9. The SMILES string of the molecule is CS(=O)(=O)CC(Br)c1cc(Br)c(Cl)s1. The molecule has 1 unspecified atom stereocenters. The lowest BCUT2D eigenvalue weighted by Gasteiger charge is -2.04. The first-order valence-electron chi connectivity index (χ1n) is 3.56. The Morgan fingerprint density at radius 3 is 2.57 bits per heavy atom. The Morgan fingerprint density at radius 1 is 1.64 bits per heavy atom. The van der Waals surface area contributed by atoms with Crippen molar-refractivity contribution in [2.24, 2.45) is 0 Å². The number of thiophene rings is 1. The number of sulfone groups is 1. The van der Waals surface area contributed by atoms with Crippen molar-refractivity contribution in [1.82, 2.24) is 0 Å². The van der Waals surface area contributed by atoms with Gasteiger partial charge in [0.25, 0.3) is 0 Å². The van der Waals surface area contributed by atoms with Gasteiger partial charge < -0.3 is 0 Å². The van der Waals surface area contributed by atoms with Crippen LogP contribution >= 0.6 is 54.8 Å². The maximum absolute atomic E-state index is 11.0. The average molecular weight is 383 g/mol. The van der Waals surface area contributed by atoms with E-state index in [1.807, 2.05) is 6.07 Å². The Hall–Kier alpha value is 0.900. The summed E-state index contributed by atoms with van der Waals surface area (Å²) in [6.45, 7) is 0. The second-order valence-corrected chi connectivity index (χ2v) is 8.66. The van der Waals surface area contributed by atoms with Gasteiger partial charge in [0, 0.05) is 15.6 Å². The average Bonchev–Trinajstić information content (AvgIpc) is 2.28. The van der Waals surface area contributed by atoms with Crippen LogP contribution in [0.3, 0.4) is 0 Å². The van der Waals surface area contributed by atoms with Crippen molar-refractivity contribution in [3.63, 3.8) is 0 Å². The highest BCUT2D eigenvalue weighted by molar-refractivity contribution is 9.10. The molecule has 0 aliphatic heterocycles. The van der Waals surface area contributed by atoms with Gasteiger partial charge in [-0.05, 0) is 22.0 Å². The summed E-state index contributed by atoms with van der Waals surface area (Å²) in [5.74, 6) is 0.0796. The molecule has 0 amide bonds. The van der Waals surface area contributed by atoms with Gasteiger partial charge >= 0.3 is 0 Å². The summed E-state index contributed by atoms with van der Waals surface area (Å²) in [6.07, 6.45) is 1.21. The van der Waals surface area contributed by atoms with E-state index in [4.69, 9.17) is 11.6 Å². The standard InChI is InChI=1S/C7H7Br2ClO2S2/c1-14(11,12)3-5(9)6-2-4(8)7(10)13-6/h2,5H,3H2,1H3. The number of hydrogen-bond donors (Lipinski definition) is 0. The molecule has 1 aromatic rings. The van der Waals surface area contributed by atoms with Crippen LogP contribution in [0.5, 0.6) is 0 Å². The second-order valence-electron chi connectivity index (χ2n) is 2.83. The van der Waals surface area contributed by atoms with E-state index in [9.17, 15) is 8.42 Å². The Balaban J connectivity index is 2.85. The van der Waals surface area contributed by atoms with Crippen LogP contribution in [0.4, 0.5) is 0 Å². The molecular weight excluding hydrogens is 375 g/mol. The lowest BCUT2D eigenvalue weighted by molar-refractivity contribution is 0.601.